The molecule has 7 nitrogen and oxygen atoms in total. The van der Waals surface area contributed by atoms with Gasteiger partial charge >= 0.3 is 15.6 Å². The van der Waals surface area contributed by atoms with Crippen LogP contribution in [0.2, 0.25) is 0 Å². The van der Waals surface area contributed by atoms with Crippen LogP contribution in [-0.4, -0.2) is 20.8 Å². The smallest absolute Gasteiger partial charge is 0.302 e. The summed E-state index contributed by atoms with van der Waals surface area (Å²) >= 11 is 0. The normalized spacial score (nSPS) is 40.3. The lowest BCUT2D eigenvalue weighted by molar-refractivity contribution is 0.0107. The molecule has 0 amide bonds. The fourth-order valence-corrected chi connectivity index (χ4v) is 5.47. The van der Waals surface area contributed by atoms with Gasteiger partial charge in [0.15, 0.2) is 0 Å². The molecule has 0 aliphatic heterocycles. The fraction of sp³-hybridized carbons (Fsp3) is 1.00. The Morgan fingerprint density at radius 1 is 1.16 bits per heavy atom. The Hall–Kier alpha value is 0.260. The molecule has 2 aliphatic carbocycles. The third-order valence-electron chi connectivity index (χ3n) is 5.18. The molecule has 0 spiro atoms. The van der Waals surface area contributed by atoms with Crippen molar-refractivity contribution in [3.8, 4) is 0 Å². The molecular weight excluding hydrogens is 294 g/mol. The predicted octanol–water partition coefficient (Wildman–Crippen LogP) is 2.43. The maximum Gasteiger partial charge on any atom is 0.481 e. The van der Waals surface area contributed by atoms with Gasteiger partial charge in [0, 0.05) is 0 Å². The van der Waals surface area contributed by atoms with E-state index in [1.54, 1.807) is 0 Å². The molecule has 0 aromatic carbocycles. The van der Waals surface area contributed by atoms with E-state index < -0.39 is 21.7 Å². The van der Waals surface area contributed by atoms with Crippen molar-refractivity contribution >= 4 is 15.6 Å². The SMILES string of the molecule is CC1(C)C2CCC1(C)[C@@H](OP(=O)(O)OP(=O)(O)O)C2. The van der Waals surface area contributed by atoms with Gasteiger partial charge in [-0.3, -0.25) is 4.52 Å². The number of hydrogen-bond donors (Lipinski definition) is 3. The zero-order chi connectivity index (χ0) is 14.7. The van der Waals surface area contributed by atoms with E-state index in [0.29, 0.717) is 12.3 Å². The summed E-state index contributed by atoms with van der Waals surface area (Å²) in [5.74, 6) is 0.387. The van der Waals surface area contributed by atoms with Gasteiger partial charge in [0.25, 0.3) is 0 Å². The van der Waals surface area contributed by atoms with Gasteiger partial charge in [-0.1, -0.05) is 20.8 Å². The highest BCUT2D eigenvalue weighted by molar-refractivity contribution is 7.60. The van der Waals surface area contributed by atoms with E-state index in [4.69, 9.17) is 14.3 Å². The Morgan fingerprint density at radius 2 is 1.74 bits per heavy atom. The maximum absolute atomic E-state index is 11.6. The molecule has 112 valence electrons. The first-order chi connectivity index (χ1) is 8.37. The highest BCUT2D eigenvalue weighted by Crippen LogP contribution is 2.69. The number of rotatable bonds is 4. The zero-order valence-electron chi connectivity index (χ0n) is 11.1. The second kappa shape index (κ2) is 4.38. The molecule has 0 saturated heterocycles. The predicted molar refractivity (Wildman–Crippen MR) is 67.1 cm³/mol. The van der Waals surface area contributed by atoms with Crippen molar-refractivity contribution in [3.63, 3.8) is 0 Å². The van der Waals surface area contributed by atoms with Crippen LogP contribution in [-0.2, 0) is 18.0 Å². The Labute approximate surface area is 112 Å². The van der Waals surface area contributed by atoms with E-state index in [9.17, 15) is 14.0 Å². The van der Waals surface area contributed by atoms with Crippen LogP contribution in [0.5, 0.6) is 0 Å². The third kappa shape index (κ3) is 2.70. The van der Waals surface area contributed by atoms with Crippen LogP contribution < -0.4 is 0 Å². The molecule has 0 aromatic rings. The van der Waals surface area contributed by atoms with Crippen molar-refractivity contribution < 1.29 is 32.6 Å². The molecule has 2 aliphatic rings. The number of fused-ring (bicyclic) bond motifs is 2. The molecule has 3 N–H and O–H groups in total. The molecule has 9 heteroatoms. The van der Waals surface area contributed by atoms with E-state index in [1.165, 1.54) is 0 Å². The average molecular weight is 314 g/mol. The van der Waals surface area contributed by atoms with Crippen molar-refractivity contribution in [2.75, 3.05) is 0 Å². The average Bonchev–Trinajstić information content (AvgIpc) is 2.45. The fourth-order valence-electron chi connectivity index (χ4n) is 3.60. The first-order valence-corrected chi connectivity index (χ1v) is 9.18. The maximum atomic E-state index is 11.6. The molecule has 0 radical (unpaired) electrons. The molecule has 2 bridgehead atoms. The lowest BCUT2D eigenvalue weighted by atomic mass is 9.70. The Morgan fingerprint density at radius 3 is 2.11 bits per heavy atom. The van der Waals surface area contributed by atoms with Crippen molar-refractivity contribution in [1.29, 1.82) is 0 Å². The van der Waals surface area contributed by atoms with Gasteiger partial charge in [-0.05, 0) is 36.0 Å². The molecule has 3 unspecified atom stereocenters. The molecule has 0 aromatic heterocycles. The summed E-state index contributed by atoms with van der Waals surface area (Å²) in [7, 11) is -9.81. The first-order valence-electron chi connectivity index (χ1n) is 6.15. The summed E-state index contributed by atoms with van der Waals surface area (Å²) in [6, 6.07) is 0. The molecular formula is C10H20O7P2. The van der Waals surface area contributed by atoms with Crippen LogP contribution in [0.1, 0.15) is 40.0 Å². The van der Waals surface area contributed by atoms with Gasteiger partial charge in [-0.2, -0.15) is 4.31 Å². The minimum absolute atomic E-state index is 0.0280. The van der Waals surface area contributed by atoms with Crippen LogP contribution in [0, 0.1) is 16.7 Å². The largest absolute Gasteiger partial charge is 0.481 e. The van der Waals surface area contributed by atoms with Gasteiger partial charge in [0.1, 0.15) is 0 Å². The van der Waals surface area contributed by atoms with Crippen molar-refractivity contribution in [3.05, 3.63) is 0 Å². The monoisotopic (exact) mass is 314 g/mol. The van der Waals surface area contributed by atoms with Crippen LogP contribution in [0.15, 0.2) is 0 Å². The van der Waals surface area contributed by atoms with Gasteiger partial charge in [0.2, 0.25) is 0 Å². The third-order valence-corrected chi connectivity index (χ3v) is 7.38. The van der Waals surface area contributed by atoms with Gasteiger partial charge in [-0.15, -0.1) is 0 Å². The molecule has 4 atom stereocenters. The standard InChI is InChI=1S/C10H20O7P2/c1-9(2)7-4-5-10(9,3)8(6-7)16-19(14,15)17-18(11,12)13/h7-8H,4-6H2,1-3H3,(H,14,15)(H2,11,12,13)/t7?,8-,10?/m0/s1. The summed E-state index contributed by atoms with van der Waals surface area (Å²) < 4.78 is 31.2. The van der Waals surface area contributed by atoms with Gasteiger partial charge in [-0.25, -0.2) is 9.13 Å². The Bertz CT molecular complexity index is 470. The van der Waals surface area contributed by atoms with Crippen molar-refractivity contribution in [2.45, 2.75) is 46.1 Å². The summed E-state index contributed by atoms with van der Waals surface area (Å²) in [6.45, 7) is 6.18. The van der Waals surface area contributed by atoms with Gasteiger partial charge < -0.3 is 14.7 Å². The van der Waals surface area contributed by atoms with E-state index in [1.807, 2.05) is 6.92 Å². The second-order valence-corrected chi connectivity index (χ2v) is 9.03. The van der Waals surface area contributed by atoms with Gasteiger partial charge in [0.05, 0.1) is 6.10 Å². The number of hydrogen-bond acceptors (Lipinski definition) is 4. The highest BCUT2D eigenvalue weighted by Gasteiger charge is 2.63. The van der Waals surface area contributed by atoms with E-state index >= 15 is 0 Å². The first kappa shape index (κ1) is 15.6. The minimum Gasteiger partial charge on any atom is -0.302 e. The molecule has 2 rings (SSSR count). The van der Waals surface area contributed by atoms with E-state index in [2.05, 4.69) is 18.2 Å². The Kier molecular flexibility index (Phi) is 3.60. The lowest BCUT2D eigenvalue weighted by Gasteiger charge is -2.38. The molecule has 19 heavy (non-hydrogen) atoms. The Balaban J connectivity index is 2.14. The highest BCUT2D eigenvalue weighted by atomic mass is 31.3. The summed E-state index contributed by atoms with van der Waals surface area (Å²) in [6.07, 6.45) is 1.99. The topological polar surface area (TPSA) is 113 Å². The van der Waals surface area contributed by atoms with E-state index in [-0.39, 0.29) is 10.8 Å². The lowest BCUT2D eigenvalue weighted by Crippen LogP contribution is -2.36. The van der Waals surface area contributed by atoms with Crippen LogP contribution in [0.3, 0.4) is 0 Å². The second-order valence-electron chi connectivity index (χ2n) is 6.25. The summed E-state index contributed by atoms with van der Waals surface area (Å²) in [5.41, 5.74) is -0.311. The molecule has 0 heterocycles. The van der Waals surface area contributed by atoms with Crippen molar-refractivity contribution in [2.24, 2.45) is 16.7 Å². The summed E-state index contributed by atoms with van der Waals surface area (Å²) in [4.78, 5) is 26.6. The quantitative estimate of drug-likeness (QED) is 0.683. The molecule has 2 fully saturated rings. The molecule has 2 saturated carbocycles. The zero-order valence-corrected chi connectivity index (χ0v) is 12.9. The van der Waals surface area contributed by atoms with Crippen LogP contribution in [0.25, 0.3) is 0 Å². The van der Waals surface area contributed by atoms with Crippen LogP contribution in [0.4, 0.5) is 0 Å². The van der Waals surface area contributed by atoms with E-state index in [0.717, 1.165) is 12.8 Å². The van der Waals surface area contributed by atoms with Crippen LogP contribution >= 0.6 is 15.6 Å². The number of phosphoric ester groups is 1. The van der Waals surface area contributed by atoms with Crippen molar-refractivity contribution in [1.82, 2.24) is 0 Å². The number of phosphoric acid groups is 2. The minimum atomic E-state index is -5.05. The summed E-state index contributed by atoms with van der Waals surface area (Å²) in [5, 5.41) is 0.